The number of amides is 2. The van der Waals surface area contributed by atoms with Gasteiger partial charge in [-0.15, -0.1) is 0 Å². The average molecular weight is 548 g/mol. The van der Waals surface area contributed by atoms with Gasteiger partial charge in [-0.3, -0.25) is 14.4 Å². The predicted octanol–water partition coefficient (Wildman–Crippen LogP) is 2.82. The van der Waals surface area contributed by atoms with Gasteiger partial charge in [0.25, 0.3) is 5.91 Å². The van der Waals surface area contributed by atoms with Gasteiger partial charge in [-0.05, 0) is 48.4 Å². The van der Waals surface area contributed by atoms with Gasteiger partial charge < -0.3 is 36.0 Å². The summed E-state index contributed by atoms with van der Waals surface area (Å²) in [5, 5.41) is 35.3. The van der Waals surface area contributed by atoms with E-state index in [2.05, 4.69) is 5.32 Å². The number of nitrogens with zero attached hydrogens (tertiary/aromatic N) is 1. The van der Waals surface area contributed by atoms with Crippen LogP contribution in [0.25, 0.3) is 0 Å². The molecule has 0 saturated carbocycles. The summed E-state index contributed by atoms with van der Waals surface area (Å²) in [6, 6.07) is 10.1. The number of nitrogens with two attached hydrogens (primary N) is 1. The number of Topliss-reactive ketones (excluding diaryl/α,β-unsaturated/α-hetero) is 2. The number of ketones is 2. The van der Waals surface area contributed by atoms with Crippen molar-refractivity contribution in [2.45, 2.75) is 25.8 Å². The van der Waals surface area contributed by atoms with Gasteiger partial charge >= 0.3 is 6.09 Å². The Hall–Kier alpha value is -4.80. The maximum Gasteiger partial charge on any atom is 0.412 e. The predicted molar refractivity (Wildman–Crippen MR) is 143 cm³/mol. The first-order valence-corrected chi connectivity index (χ1v) is 12.8. The molecule has 0 fully saturated rings. The van der Waals surface area contributed by atoms with E-state index in [0.29, 0.717) is 23.4 Å². The largest absolute Gasteiger partial charge is 0.511 e. The number of carbonyl (C=O) groups excluding carboxylic acids is 4. The van der Waals surface area contributed by atoms with Crippen LogP contribution in [0.4, 0.5) is 10.5 Å². The molecule has 0 aliphatic heterocycles. The van der Waals surface area contributed by atoms with E-state index < -0.39 is 58.4 Å². The maximum atomic E-state index is 13.9. The van der Waals surface area contributed by atoms with E-state index in [1.54, 1.807) is 55.4 Å². The van der Waals surface area contributed by atoms with Crippen LogP contribution in [0, 0.1) is 17.8 Å². The number of anilines is 1. The molecule has 0 saturated heterocycles. The van der Waals surface area contributed by atoms with E-state index in [9.17, 15) is 34.5 Å². The fourth-order valence-electron chi connectivity index (χ4n) is 6.07. The van der Waals surface area contributed by atoms with Gasteiger partial charge in [0.05, 0.1) is 11.5 Å². The van der Waals surface area contributed by atoms with Crippen LogP contribution in [0.2, 0.25) is 0 Å². The number of rotatable bonds is 5. The lowest BCUT2D eigenvalue weighted by Gasteiger charge is -2.41. The van der Waals surface area contributed by atoms with Crippen molar-refractivity contribution in [1.82, 2.24) is 5.32 Å². The van der Waals surface area contributed by atoms with Crippen molar-refractivity contribution in [2.75, 3.05) is 19.0 Å². The standard InChI is InChI=1S/C29H29N3O8/c1-32(2)18-10-15(12-31-29(39)40-16-6-4-3-5-7-16)24(34)22-17(18)9-13-8-14-11-19(33)23(28(30)38)27(37)21(14)25(35)20(13)26(22)36/h3-7,10,13-14,21,33-35H,8-9,11-12H2,1-2H3,(H2,30,38)(H,31,39). The van der Waals surface area contributed by atoms with Crippen LogP contribution in [-0.2, 0) is 22.6 Å². The molecule has 2 amide bonds. The monoisotopic (exact) mass is 547 g/mol. The minimum absolute atomic E-state index is 0.000845. The lowest BCUT2D eigenvalue weighted by atomic mass is 9.62. The molecule has 11 heteroatoms. The van der Waals surface area contributed by atoms with Crippen molar-refractivity contribution >= 4 is 29.3 Å². The number of phenolic OH excluding ortho intramolecular Hbond substituents is 1. The molecular weight excluding hydrogens is 518 g/mol. The minimum Gasteiger partial charge on any atom is -0.511 e. The second kappa shape index (κ2) is 10.1. The number of ether oxygens (including phenoxy) is 1. The van der Waals surface area contributed by atoms with Gasteiger partial charge in [-0.1, -0.05) is 18.2 Å². The Morgan fingerprint density at radius 1 is 1.10 bits per heavy atom. The molecule has 2 aromatic rings. The Kier molecular flexibility index (Phi) is 6.74. The number of allylic oxidation sites excluding steroid dienone is 3. The number of aromatic hydroxyl groups is 1. The maximum absolute atomic E-state index is 13.9. The van der Waals surface area contributed by atoms with Crippen molar-refractivity contribution in [1.29, 1.82) is 0 Å². The molecule has 0 bridgehead atoms. The minimum atomic E-state index is -1.19. The fraction of sp³-hybridized carbons (Fsp3) is 0.310. The molecule has 0 spiro atoms. The van der Waals surface area contributed by atoms with Gasteiger partial charge in [-0.25, -0.2) is 4.79 Å². The third-order valence-corrected chi connectivity index (χ3v) is 7.80. The molecule has 0 aromatic heterocycles. The third-order valence-electron chi connectivity index (χ3n) is 7.80. The molecule has 5 rings (SSSR count). The zero-order valence-corrected chi connectivity index (χ0v) is 21.9. The van der Waals surface area contributed by atoms with Gasteiger partial charge in [0.1, 0.15) is 28.6 Å². The zero-order chi connectivity index (χ0) is 28.9. The normalized spacial score (nSPS) is 21.8. The molecule has 40 heavy (non-hydrogen) atoms. The first-order valence-electron chi connectivity index (χ1n) is 12.8. The Bertz CT molecular complexity index is 1510. The Balaban J connectivity index is 1.50. The molecule has 11 nitrogen and oxygen atoms in total. The molecule has 3 unspecified atom stereocenters. The Morgan fingerprint density at radius 3 is 2.45 bits per heavy atom. The van der Waals surface area contributed by atoms with Crippen LogP contribution in [-0.4, -0.2) is 53.0 Å². The van der Waals surface area contributed by atoms with E-state index >= 15 is 0 Å². The summed E-state index contributed by atoms with van der Waals surface area (Å²) >= 11 is 0. The van der Waals surface area contributed by atoms with Gasteiger partial charge in [-0.2, -0.15) is 0 Å². The SMILES string of the molecule is CN(C)c1cc(CNC(=O)Oc2ccccc2)c(O)c2c1CC1CC3CC(O)=C(C(N)=O)C(=O)C3C(O)=C1C2=O. The number of carbonyl (C=O) groups is 4. The smallest absolute Gasteiger partial charge is 0.412 e. The van der Waals surface area contributed by atoms with Gasteiger partial charge in [0, 0.05) is 43.9 Å². The molecule has 0 heterocycles. The lowest BCUT2D eigenvalue weighted by Crippen LogP contribution is -2.43. The van der Waals surface area contributed by atoms with Crippen molar-refractivity contribution in [3.8, 4) is 11.5 Å². The van der Waals surface area contributed by atoms with Crippen LogP contribution in [0.5, 0.6) is 11.5 Å². The number of hydrogen-bond donors (Lipinski definition) is 5. The molecule has 6 N–H and O–H groups in total. The van der Waals surface area contributed by atoms with Crippen molar-refractivity contribution in [3.63, 3.8) is 0 Å². The summed E-state index contributed by atoms with van der Waals surface area (Å²) < 4.78 is 5.23. The second-order valence-corrected chi connectivity index (χ2v) is 10.5. The van der Waals surface area contributed by atoms with E-state index in [-0.39, 0.29) is 41.8 Å². The lowest BCUT2D eigenvalue weighted by molar-refractivity contribution is -0.126. The summed E-state index contributed by atoms with van der Waals surface area (Å²) in [4.78, 5) is 52.9. The fourth-order valence-corrected chi connectivity index (χ4v) is 6.07. The number of nitrogens with one attached hydrogen (secondary N) is 1. The van der Waals surface area contributed by atoms with E-state index in [1.165, 1.54) is 0 Å². The summed E-state index contributed by atoms with van der Waals surface area (Å²) in [5.41, 5.74) is 6.18. The van der Waals surface area contributed by atoms with Gasteiger partial charge in [0.15, 0.2) is 11.6 Å². The zero-order valence-electron chi connectivity index (χ0n) is 21.9. The van der Waals surface area contributed by atoms with E-state index in [1.807, 2.05) is 0 Å². The van der Waals surface area contributed by atoms with Crippen LogP contribution in [0.15, 0.2) is 59.1 Å². The Labute approximate surface area is 229 Å². The van der Waals surface area contributed by atoms with Crippen molar-refractivity contribution in [2.24, 2.45) is 23.5 Å². The number of aliphatic hydroxyl groups is 2. The van der Waals surface area contributed by atoms with Gasteiger partial charge in [0.2, 0.25) is 0 Å². The van der Waals surface area contributed by atoms with Crippen LogP contribution in [0.3, 0.4) is 0 Å². The highest BCUT2D eigenvalue weighted by Crippen LogP contribution is 2.51. The summed E-state index contributed by atoms with van der Waals surface area (Å²) in [6.45, 7) is -0.150. The second-order valence-electron chi connectivity index (χ2n) is 10.5. The number of fused-ring (bicyclic) bond motifs is 3. The number of para-hydroxylation sites is 1. The summed E-state index contributed by atoms with van der Waals surface area (Å²) in [7, 11) is 3.57. The highest BCUT2D eigenvalue weighted by atomic mass is 16.6. The Morgan fingerprint density at radius 2 is 1.80 bits per heavy atom. The van der Waals surface area contributed by atoms with Crippen molar-refractivity contribution < 1.29 is 39.2 Å². The average Bonchev–Trinajstić information content (AvgIpc) is 2.87. The number of aliphatic hydroxyl groups excluding tert-OH is 2. The summed E-state index contributed by atoms with van der Waals surface area (Å²) in [6.07, 6.45) is -0.189. The quantitative estimate of drug-likeness (QED) is 0.352. The third kappa shape index (κ3) is 4.42. The number of phenols is 1. The van der Waals surface area contributed by atoms with Crippen LogP contribution < -0.4 is 20.7 Å². The summed E-state index contributed by atoms with van der Waals surface area (Å²) in [5.74, 6) is -5.63. The molecule has 208 valence electrons. The number of benzene rings is 2. The molecule has 3 aliphatic carbocycles. The van der Waals surface area contributed by atoms with Crippen molar-refractivity contribution in [3.05, 3.63) is 75.8 Å². The molecule has 2 aromatic carbocycles. The molecule has 3 atom stereocenters. The highest BCUT2D eigenvalue weighted by molar-refractivity contribution is 6.22. The van der Waals surface area contributed by atoms with E-state index in [4.69, 9.17) is 10.5 Å². The van der Waals surface area contributed by atoms with E-state index in [0.717, 1.165) is 0 Å². The topological polar surface area (TPSA) is 179 Å². The van der Waals surface area contributed by atoms with Crippen LogP contribution in [0.1, 0.15) is 34.3 Å². The molecule has 3 aliphatic rings. The molecular formula is C29H29N3O8. The number of primary amides is 1. The number of hydrogen-bond acceptors (Lipinski definition) is 9. The first kappa shape index (κ1) is 26.8. The molecule has 0 radical (unpaired) electrons. The van der Waals surface area contributed by atoms with Crippen LogP contribution >= 0.6 is 0 Å². The first-order chi connectivity index (χ1) is 19.0. The highest BCUT2D eigenvalue weighted by Gasteiger charge is 2.50.